The van der Waals surface area contributed by atoms with Crippen molar-refractivity contribution in [3.63, 3.8) is 0 Å². The minimum atomic E-state index is -4.36. The molecule has 0 aromatic heterocycles. The molecule has 0 rings (SSSR count). The van der Waals surface area contributed by atoms with Gasteiger partial charge in [-0.2, -0.15) is 0 Å². The summed E-state index contributed by atoms with van der Waals surface area (Å²) in [5, 5.41) is 0. The number of quaternary nitrogens is 1. The van der Waals surface area contributed by atoms with Crippen molar-refractivity contribution >= 4 is 19.8 Å². The van der Waals surface area contributed by atoms with Crippen molar-refractivity contribution in [2.45, 2.75) is 148 Å². The van der Waals surface area contributed by atoms with Crippen molar-refractivity contribution < 1.29 is 42.1 Å². The third-order valence-corrected chi connectivity index (χ3v) is 8.47. The molecule has 0 aromatic carbocycles. The van der Waals surface area contributed by atoms with E-state index in [0.717, 1.165) is 64.2 Å². The normalized spacial score (nSPS) is 14.1. The number of hydrogen-bond acceptors (Lipinski definition) is 7. The highest BCUT2D eigenvalue weighted by molar-refractivity contribution is 7.47. The fourth-order valence-corrected chi connectivity index (χ4v) is 5.31. The molecule has 0 saturated carbocycles. The van der Waals surface area contributed by atoms with Gasteiger partial charge in [0.1, 0.15) is 19.8 Å². The van der Waals surface area contributed by atoms with E-state index in [1.54, 1.807) is 0 Å². The number of nitrogens with zero attached hydrogens (tertiary/aromatic N) is 1. The lowest BCUT2D eigenvalue weighted by atomic mass is 10.1. The fraction of sp³-hybridized carbons (Fsp3) is 0.833. The molecule has 0 aliphatic carbocycles. The smallest absolute Gasteiger partial charge is 0.462 e. The number of allylic oxidation sites excluding steroid dienone is 4. The van der Waals surface area contributed by atoms with E-state index in [4.69, 9.17) is 18.5 Å². The molecule has 0 radical (unpaired) electrons. The van der Waals surface area contributed by atoms with Crippen LogP contribution in [0.5, 0.6) is 0 Å². The van der Waals surface area contributed by atoms with Gasteiger partial charge in [-0.05, 0) is 44.9 Å². The summed E-state index contributed by atoms with van der Waals surface area (Å²) in [7, 11) is 1.47. The zero-order valence-electron chi connectivity index (χ0n) is 30.1. The Morgan fingerprint density at radius 3 is 1.76 bits per heavy atom. The molecular weight excluding hydrogens is 605 g/mol. The summed E-state index contributed by atoms with van der Waals surface area (Å²) in [6, 6.07) is 0. The lowest BCUT2D eigenvalue weighted by molar-refractivity contribution is -0.870. The zero-order chi connectivity index (χ0) is 34.4. The standard InChI is InChI=1S/C36H68NO8P/c1-6-8-10-12-13-14-15-16-17-18-19-20-21-22-23-25-27-29-36(39)45-34(32-42-35(38)28-26-24-11-9-7-2)33-44-46(40,41)43-31-30-37(3,4)5/h13-14,16-17,34H,6-12,15,18-33H2,1-5H3/p+1/b14-13-,17-16-. The number of unbranched alkanes of at least 4 members (excludes halogenated alkanes) is 14. The lowest BCUT2D eigenvalue weighted by Gasteiger charge is -2.24. The van der Waals surface area contributed by atoms with Gasteiger partial charge in [-0.1, -0.05) is 109 Å². The molecule has 270 valence electrons. The molecule has 0 amide bonds. The molecule has 2 atom stereocenters. The molecule has 46 heavy (non-hydrogen) atoms. The summed E-state index contributed by atoms with van der Waals surface area (Å²) in [6.07, 6.45) is 28.3. The molecule has 0 aliphatic heterocycles. The third kappa shape index (κ3) is 32.4. The Kier molecular flexibility index (Phi) is 28.6. The summed E-state index contributed by atoms with van der Waals surface area (Å²) >= 11 is 0. The summed E-state index contributed by atoms with van der Waals surface area (Å²) < 4.78 is 33.9. The average molecular weight is 675 g/mol. The molecule has 0 saturated heterocycles. The van der Waals surface area contributed by atoms with Gasteiger partial charge in [0.2, 0.25) is 0 Å². The second-order valence-corrected chi connectivity index (χ2v) is 14.7. The van der Waals surface area contributed by atoms with Gasteiger partial charge in [-0.15, -0.1) is 0 Å². The maximum Gasteiger partial charge on any atom is 0.472 e. The first kappa shape index (κ1) is 44.5. The monoisotopic (exact) mass is 674 g/mol. The molecule has 9 nitrogen and oxygen atoms in total. The van der Waals surface area contributed by atoms with Gasteiger partial charge < -0.3 is 18.9 Å². The second-order valence-electron chi connectivity index (χ2n) is 13.3. The van der Waals surface area contributed by atoms with Gasteiger partial charge in [0.05, 0.1) is 27.7 Å². The van der Waals surface area contributed by atoms with E-state index < -0.39 is 26.5 Å². The Labute approximate surface area is 281 Å². The van der Waals surface area contributed by atoms with Crippen molar-refractivity contribution in [2.75, 3.05) is 47.5 Å². The van der Waals surface area contributed by atoms with Crippen LogP contribution in [0.3, 0.4) is 0 Å². The van der Waals surface area contributed by atoms with Gasteiger partial charge >= 0.3 is 19.8 Å². The number of hydrogen-bond donors (Lipinski definition) is 1. The minimum Gasteiger partial charge on any atom is -0.462 e. The Morgan fingerprint density at radius 1 is 0.674 bits per heavy atom. The van der Waals surface area contributed by atoms with Gasteiger partial charge in [0.15, 0.2) is 6.10 Å². The summed E-state index contributed by atoms with van der Waals surface area (Å²) in [5.74, 6) is -0.823. The maximum atomic E-state index is 12.5. The van der Waals surface area contributed by atoms with E-state index in [0.29, 0.717) is 17.4 Å². The van der Waals surface area contributed by atoms with Gasteiger partial charge in [0.25, 0.3) is 0 Å². The first-order valence-corrected chi connectivity index (χ1v) is 19.6. The molecule has 0 aliphatic rings. The molecule has 1 N–H and O–H groups in total. The molecular formula is C36H69NO8P+. The SMILES string of the molecule is CCCCC/C=C\C/C=C\CCCCCCCCCC(=O)OC(COC(=O)CCCCCCC)COP(=O)(O)OCC[N+](C)(C)C. The van der Waals surface area contributed by atoms with E-state index in [-0.39, 0.29) is 32.0 Å². The van der Waals surface area contributed by atoms with Crippen molar-refractivity contribution in [3.8, 4) is 0 Å². The predicted molar refractivity (Wildman–Crippen MR) is 187 cm³/mol. The van der Waals surface area contributed by atoms with Gasteiger partial charge in [0, 0.05) is 12.8 Å². The van der Waals surface area contributed by atoms with E-state index >= 15 is 0 Å². The Bertz CT molecular complexity index is 855. The van der Waals surface area contributed by atoms with Crippen LogP contribution in [-0.2, 0) is 32.7 Å². The first-order valence-electron chi connectivity index (χ1n) is 18.1. The van der Waals surface area contributed by atoms with Crippen LogP contribution in [-0.4, -0.2) is 74.9 Å². The minimum absolute atomic E-state index is 0.0307. The summed E-state index contributed by atoms with van der Waals surface area (Å²) in [4.78, 5) is 34.8. The topological polar surface area (TPSA) is 108 Å². The number of carbonyl (C=O) groups is 2. The molecule has 0 aromatic rings. The summed E-state index contributed by atoms with van der Waals surface area (Å²) in [6.45, 7) is 4.27. The zero-order valence-corrected chi connectivity index (χ0v) is 31.0. The van der Waals surface area contributed by atoms with Crippen LogP contribution in [0.4, 0.5) is 0 Å². The number of esters is 2. The molecule has 0 spiro atoms. The highest BCUT2D eigenvalue weighted by Crippen LogP contribution is 2.43. The molecule has 10 heteroatoms. The highest BCUT2D eigenvalue weighted by Gasteiger charge is 2.27. The van der Waals surface area contributed by atoms with Crippen molar-refractivity contribution in [1.82, 2.24) is 0 Å². The highest BCUT2D eigenvalue weighted by atomic mass is 31.2. The van der Waals surface area contributed by atoms with Crippen LogP contribution in [0.1, 0.15) is 142 Å². The van der Waals surface area contributed by atoms with Crippen LogP contribution < -0.4 is 0 Å². The van der Waals surface area contributed by atoms with Crippen molar-refractivity contribution in [3.05, 3.63) is 24.3 Å². The molecule has 2 unspecified atom stereocenters. The van der Waals surface area contributed by atoms with Crippen LogP contribution in [0, 0.1) is 0 Å². The van der Waals surface area contributed by atoms with E-state index in [1.165, 1.54) is 44.9 Å². The third-order valence-electron chi connectivity index (χ3n) is 7.48. The number of carbonyl (C=O) groups excluding carboxylic acids is 2. The van der Waals surface area contributed by atoms with E-state index in [2.05, 4.69) is 38.2 Å². The van der Waals surface area contributed by atoms with Crippen LogP contribution in [0.2, 0.25) is 0 Å². The van der Waals surface area contributed by atoms with Crippen LogP contribution >= 0.6 is 7.82 Å². The van der Waals surface area contributed by atoms with Crippen LogP contribution in [0.25, 0.3) is 0 Å². The number of ether oxygens (including phenoxy) is 2. The van der Waals surface area contributed by atoms with Gasteiger partial charge in [-0.3, -0.25) is 18.6 Å². The van der Waals surface area contributed by atoms with Crippen molar-refractivity contribution in [2.24, 2.45) is 0 Å². The van der Waals surface area contributed by atoms with E-state index in [1.807, 2.05) is 21.1 Å². The van der Waals surface area contributed by atoms with Crippen molar-refractivity contribution in [1.29, 1.82) is 0 Å². The molecule has 0 heterocycles. The van der Waals surface area contributed by atoms with Gasteiger partial charge in [-0.25, -0.2) is 4.57 Å². The lowest BCUT2D eigenvalue weighted by Crippen LogP contribution is -2.37. The Balaban J connectivity index is 4.33. The number of rotatable bonds is 32. The number of phosphoric acid groups is 1. The second kappa shape index (κ2) is 29.6. The number of likely N-dealkylation sites (N-methyl/N-ethyl adjacent to an activating group) is 1. The summed E-state index contributed by atoms with van der Waals surface area (Å²) in [5.41, 5.74) is 0. The number of phosphoric ester groups is 1. The first-order chi connectivity index (χ1) is 22.0. The Morgan fingerprint density at radius 2 is 1.17 bits per heavy atom. The predicted octanol–water partition coefficient (Wildman–Crippen LogP) is 9.24. The fourth-order valence-electron chi connectivity index (χ4n) is 4.57. The Hall–Kier alpha value is -1.51. The quantitative estimate of drug-likeness (QED) is 0.0247. The van der Waals surface area contributed by atoms with Crippen LogP contribution in [0.15, 0.2) is 24.3 Å². The average Bonchev–Trinajstić information content (AvgIpc) is 2.99. The molecule has 0 bridgehead atoms. The largest absolute Gasteiger partial charge is 0.472 e. The maximum absolute atomic E-state index is 12.5. The molecule has 0 fully saturated rings. The van der Waals surface area contributed by atoms with E-state index in [9.17, 15) is 19.0 Å².